The van der Waals surface area contributed by atoms with Gasteiger partial charge in [0.05, 0.1) is 0 Å². The van der Waals surface area contributed by atoms with Gasteiger partial charge in [0, 0.05) is 0 Å². The Kier molecular flexibility index (Phi) is 9.27. The molecule has 5 rings (SSSR count). The molecule has 5 aromatic carbocycles. The minimum absolute atomic E-state index is 1.20. The second-order valence-corrected chi connectivity index (χ2v) is 11.0. The van der Waals surface area contributed by atoms with E-state index in [2.05, 4.69) is 110 Å². The van der Waals surface area contributed by atoms with Gasteiger partial charge in [-0.05, 0) is 86.1 Å². The lowest BCUT2D eigenvalue weighted by Gasteiger charge is -2.08. The Balaban J connectivity index is 1.17. The molecule has 0 heterocycles. The monoisotopic (exact) mass is 498 g/mol. The predicted octanol–water partition coefficient (Wildman–Crippen LogP) is 11.8. The van der Waals surface area contributed by atoms with Crippen molar-refractivity contribution in [1.82, 2.24) is 0 Å². The maximum atomic E-state index is 2.35. The van der Waals surface area contributed by atoms with Gasteiger partial charge >= 0.3 is 0 Å². The Labute approximate surface area is 229 Å². The Bertz CT molecular complexity index is 1490. The zero-order chi connectivity index (χ0) is 26.0. The van der Waals surface area contributed by atoms with Crippen molar-refractivity contribution >= 4 is 44.5 Å². The first-order valence-electron chi connectivity index (χ1n) is 14.9. The lowest BCUT2D eigenvalue weighted by molar-refractivity contribution is 0.556. The number of benzene rings is 5. The second-order valence-electron chi connectivity index (χ2n) is 11.0. The summed E-state index contributed by atoms with van der Waals surface area (Å²) in [5, 5.41) is 7.80. The minimum atomic E-state index is 1.20. The lowest BCUT2D eigenvalue weighted by atomic mass is 9.97. The molecule has 0 aliphatic heterocycles. The molecule has 0 saturated carbocycles. The van der Waals surface area contributed by atoms with E-state index in [9.17, 15) is 0 Å². The average Bonchev–Trinajstić information content (AvgIpc) is 2.95. The molecule has 0 radical (unpaired) electrons. The number of aryl methyl sites for hydroxylation is 1. The van der Waals surface area contributed by atoms with Crippen molar-refractivity contribution < 1.29 is 0 Å². The van der Waals surface area contributed by atoms with Gasteiger partial charge in [-0.25, -0.2) is 0 Å². The lowest BCUT2D eigenvalue weighted by Crippen LogP contribution is -1.87. The first-order chi connectivity index (χ1) is 18.8. The van der Waals surface area contributed by atoms with E-state index in [0.29, 0.717) is 0 Å². The van der Waals surface area contributed by atoms with Crippen LogP contribution in [-0.2, 0) is 6.42 Å². The fraction of sp³-hybridized carbons (Fsp3) is 0.316. The van der Waals surface area contributed by atoms with E-state index in [-0.39, 0.29) is 0 Å². The summed E-state index contributed by atoms with van der Waals surface area (Å²) >= 11 is 0. The maximum absolute atomic E-state index is 2.35. The molecule has 0 aromatic heterocycles. The predicted molar refractivity (Wildman–Crippen MR) is 170 cm³/mol. The Morgan fingerprint density at radius 1 is 0.474 bits per heavy atom. The Morgan fingerprint density at radius 3 is 1.74 bits per heavy atom. The minimum Gasteiger partial charge on any atom is -0.0654 e. The molecule has 0 spiro atoms. The summed E-state index contributed by atoms with van der Waals surface area (Å²) in [6.45, 7) is 2.29. The molecule has 0 fully saturated rings. The molecule has 38 heavy (non-hydrogen) atoms. The van der Waals surface area contributed by atoms with Crippen LogP contribution >= 0.6 is 0 Å². The van der Waals surface area contributed by atoms with Crippen LogP contribution in [0.4, 0.5) is 0 Å². The van der Waals surface area contributed by atoms with Crippen molar-refractivity contribution in [2.45, 2.75) is 77.6 Å². The first-order valence-corrected chi connectivity index (χ1v) is 14.9. The number of hydrogen-bond acceptors (Lipinski definition) is 0. The molecule has 0 nitrogen and oxygen atoms in total. The SMILES string of the molecule is CCCCCCCCCCCCc1ccc(/C=C/c2cccc3cc4cc5ccccc5cc4cc23)cc1. The molecule has 0 aliphatic rings. The summed E-state index contributed by atoms with van der Waals surface area (Å²) < 4.78 is 0. The molecule has 0 unspecified atom stereocenters. The van der Waals surface area contributed by atoms with Crippen LogP contribution in [0.3, 0.4) is 0 Å². The molecule has 0 atom stereocenters. The molecule has 0 N–H and O–H groups in total. The molecule has 0 bridgehead atoms. The van der Waals surface area contributed by atoms with E-state index in [4.69, 9.17) is 0 Å². The average molecular weight is 499 g/mol. The van der Waals surface area contributed by atoms with Crippen molar-refractivity contribution in [3.63, 3.8) is 0 Å². The van der Waals surface area contributed by atoms with Gasteiger partial charge in [-0.2, -0.15) is 0 Å². The van der Waals surface area contributed by atoms with Crippen LogP contribution in [0.15, 0.2) is 91.0 Å². The van der Waals surface area contributed by atoms with Crippen molar-refractivity contribution in [1.29, 1.82) is 0 Å². The molecular formula is C38H42. The quantitative estimate of drug-likeness (QED) is 0.0860. The summed E-state index contributed by atoms with van der Waals surface area (Å²) in [5.41, 5.74) is 4.00. The van der Waals surface area contributed by atoms with E-state index in [0.717, 1.165) is 0 Å². The molecule has 0 saturated heterocycles. The Hall–Kier alpha value is -3.38. The van der Waals surface area contributed by atoms with E-state index in [1.807, 2.05) is 0 Å². The largest absolute Gasteiger partial charge is 0.0654 e. The topological polar surface area (TPSA) is 0 Å². The maximum Gasteiger partial charge on any atom is -0.0105 e. The van der Waals surface area contributed by atoms with Crippen LogP contribution in [0, 0.1) is 0 Å². The normalized spacial score (nSPS) is 11.8. The van der Waals surface area contributed by atoms with Crippen LogP contribution in [0.5, 0.6) is 0 Å². The molecule has 0 amide bonds. The highest BCUT2D eigenvalue weighted by Crippen LogP contribution is 2.30. The number of hydrogen-bond donors (Lipinski definition) is 0. The van der Waals surface area contributed by atoms with Crippen LogP contribution in [0.25, 0.3) is 44.5 Å². The first kappa shape index (κ1) is 26.2. The van der Waals surface area contributed by atoms with Gasteiger partial charge in [-0.1, -0.05) is 144 Å². The van der Waals surface area contributed by atoms with Crippen LogP contribution in [0.2, 0.25) is 0 Å². The van der Waals surface area contributed by atoms with E-state index >= 15 is 0 Å². The summed E-state index contributed by atoms with van der Waals surface area (Å²) in [4.78, 5) is 0. The highest BCUT2D eigenvalue weighted by atomic mass is 14.1. The number of fused-ring (bicyclic) bond motifs is 3. The van der Waals surface area contributed by atoms with Crippen molar-refractivity contribution in [2.75, 3.05) is 0 Å². The fourth-order valence-electron chi connectivity index (χ4n) is 5.69. The zero-order valence-corrected chi connectivity index (χ0v) is 23.1. The van der Waals surface area contributed by atoms with Gasteiger partial charge in [0.1, 0.15) is 0 Å². The second kappa shape index (κ2) is 13.4. The van der Waals surface area contributed by atoms with Crippen LogP contribution < -0.4 is 0 Å². The summed E-state index contributed by atoms with van der Waals surface area (Å²) in [5.74, 6) is 0. The van der Waals surface area contributed by atoms with Gasteiger partial charge in [-0.3, -0.25) is 0 Å². The fourth-order valence-corrected chi connectivity index (χ4v) is 5.69. The standard InChI is InChI=1S/C38H42/c1-2-3-4-5-6-7-8-9-10-11-15-30-20-22-31(23-21-30)24-25-32-18-14-19-35-28-36-26-33-16-12-13-17-34(33)27-37(36)29-38(32)35/h12-14,16-29H,2-11,15H2,1H3/b25-24+. The zero-order valence-electron chi connectivity index (χ0n) is 23.1. The number of rotatable bonds is 13. The van der Waals surface area contributed by atoms with Gasteiger partial charge in [0.2, 0.25) is 0 Å². The van der Waals surface area contributed by atoms with Crippen LogP contribution in [0.1, 0.15) is 87.8 Å². The van der Waals surface area contributed by atoms with Gasteiger partial charge in [-0.15, -0.1) is 0 Å². The van der Waals surface area contributed by atoms with Gasteiger partial charge in [0.15, 0.2) is 0 Å². The van der Waals surface area contributed by atoms with Gasteiger partial charge in [0.25, 0.3) is 0 Å². The molecule has 194 valence electrons. The van der Waals surface area contributed by atoms with E-state index in [1.54, 1.807) is 0 Å². The smallest absolute Gasteiger partial charge is 0.0105 e. The third-order valence-corrected chi connectivity index (χ3v) is 7.99. The summed E-state index contributed by atoms with van der Waals surface area (Å²) in [6.07, 6.45) is 19.7. The van der Waals surface area contributed by atoms with Gasteiger partial charge < -0.3 is 0 Å². The molecular weight excluding hydrogens is 456 g/mol. The van der Waals surface area contributed by atoms with Crippen molar-refractivity contribution in [3.8, 4) is 0 Å². The molecule has 0 aliphatic carbocycles. The highest BCUT2D eigenvalue weighted by Gasteiger charge is 2.04. The molecule has 0 heteroatoms. The van der Waals surface area contributed by atoms with Crippen molar-refractivity contribution in [3.05, 3.63) is 108 Å². The highest BCUT2D eigenvalue weighted by molar-refractivity contribution is 6.06. The van der Waals surface area contributed by atoms with E-state index in [1.165, 1.54) is 120 Å². The van der Waals surface area contributed by atoms with Crippen molar-refractivity contribution in [2.24, 2.45) is 0 Å². The van der Waals surface area contributed by atoms with E-state index < -0.39 is 0 Å². The molecule has 5 aromatic rings. The third-order valence-electron chi connectivity index (χ3n) is 7.99. The third kappa shape index (κ3) is 6.93. The number of unbranched alkanes of at least 4 members (excludes halogenated alkanes) is 9. The summed E-state index contributed by atoms with van der Waals surface area (Å²) in [7, 11) is 0. The summed E-state index contributed by atoms with van der Waals surface area (Å²) in [6, 6.07) is 33.7. The van der Waals surface area contributed by atoms with Crippen LogP contribution in [-0.4, -0.2) is 0 Å². The Morgan fingerprint density at radius 2 is 1.05 bits per heavy atom.